The summed E-state index contributed by atoms with van der Waals surface area (Å²) in [6.45, 7) is 3.76. The summed E-state index contributed by atoms with van der Waals surface area (Å²) < 4.78 is 5.21. The molecule has 0 bridgehead atoms. The molecular formula is C10H11NOS. The number of hydrogen-bond donors (Lipinski definition) is 1. The van der Waals surface area contributed by atoms with E-state index in [0.717, 1.165) is 5.56 Å². The molecular weight excluding hydrogens is 182 g/mol. The van der Waals surface area contributed by atoms with E-state index in [0.29, 0.717) is 10.9 Å². The Balaban J connectivity index is 2.65. The predicted molar refractivity (Wildman–Crippen MR) is 58.2 cm³/mol. The SMILES string of the molecule is C=C(OC(=S)NC)c1ccccc1. The monoisotopic (exact) mass is 193 g/mol. The quantitative estimate of drug-likeness (QED) is 0.574. The van der Waals surface area contributed by atoms with Gasteiger partial charge < -0.3 is 10.1 Å². The molecule has 0 radical (unpaired) electrons. The van der Waals surface area contributed by atoms with Crippen molar-refractivity contribution < 1.29 is 4.74 Å². The van der Waals surface area contributed by atoms with Gasteiger partial charge in [-0.2, -0.15) is 0 Å². The van der Waals surface area contributed by atoms with Crippen molar-refractivity contribution in [3.05, 3.63) is 42.5 Å². The molecule has 0 aliphatic heterocycles. The minimum absolute atomic E-state index is 0.328. The summed E-state index contributed by atoms with van der Waals surface area (Å²) in [6, 6.07) is 9.62. The van der Waals surface area contributed by atoms with Gasteiger partial charge in [0, 0.05) is 12.6 Å². The minimum Gasteiger partial charge on any atom is -0.432 e. The van der Waals surface area contributed by atoms with Gasteiger partial charge in [0.15, 0.2) is 0 Å². The van der Waals surface area contributed by atoms with E-state index in [-0.39, 0.29) is 0 Å². The van der Waals surface area contributed by atoms with Crippen LogP contribution < -0.4 is 5.32 Å². The molecule has 0 heterocycles. The van der Waals surface area contributed by atoms with Crippen molar-refractivity contribution in [2.45, 2.75) is 0 Å². The molecule has 68 valence electrons. The molecule has 1 aromatic rings. The standard InChI is InChI=1S/C10H11NOS/c1-8(12-10(13)11-2)9-6-4-3-5-7-9/h3-7H,1H2,2H3,(H,11,13). The Morgan fingerprint density at radius 3 is 2.54 bits per heavy atom. The third-order valence-electron chi connectivity index (χ3n) is 1.52. The van der Waals surface area contributed by atoms with Gasteiger partial charge in [0.05, 0.1) is 0 Å². The third kappa shape index (κ3) is 2.87. The van der Waals surface area contributed by atoms with Crippen molar-refractivity contribution in [2.75, 3.05) is 7.05 Å². The maximum absolute atomic E-state index is 5.21. The highest BCUT2D eigenvalue weighted by Gasteiger charge is 2.00. The maximum Gasteiger partial charge on any atom is 0.261 e. The fraction of sp³-hybridized carbons (Fsp3) is 0.100. The second-order valence-electron chi connectivity index (χ2n) is 2.43. The Morgan fingerprint density at radius 2 is 2.00 bits per heavy atom. The molecule has 1 N–H and O–H groups in total. The Labute approximate surface area is 83.2 Å². The first kappa shape index (κ1) is 9.74. The molecule has 0 aliphatic carbocycles. The van der Waals surface area contributed by atoms with Crippen LogP contribution in [-0.4, -0.2) is 12.2 Å². The van der Waals surface area contributed by atoms with Gasteiger partial charge >= 0.3 is 0 Å². The normalized spacial score (nSPS) is 9.00. The first-order valence-corrected chi connectivity index (χ1v) is 4.28. The van der Waals surface area contributed by atoms with Crippen LogP contribution in [0.1, 0.15) is 5.56 Å². The van der Waals surface area contributed by atoms with Crippen LogP contribution >= 0.6 is 12.2 Å². The molecule has 2 nitrogen and oxygen atoms in total. The smallest absolute Gasteiger partial charge is 0.261 e. The van der Waals surface area contributed by atoms with Crippen LogP contribution in [-0.2, 0) is 4.74 Å². The van der Waals surface area contributed by atoms with Gasteiger partial charge in [0.25, 0.3) is 5.17 Å². The minimum atomic E-state index is 0.328. The molecule has 0 amide bonds. The van der Waals surface area contributed by atoms with Gasteiger partial charge in [-0.05, 0) is 12.2 Å². The van der Waals surface area contributed by atoms with Crippen LogP contribution in [0.25, 0.3) is 5.76 Å². The second kappa shape index (κ2) is 4.62. The van der Waals surface area contributed by atoms with E-state index >= 15 is 0 Å². The topological polar surface area (TPSA) is 21.3 Å². The van der Waals surface area contributed by atoms with Crippen LogP contribution in [0.4, 0.5) is 0 Å². The third-order valence-corrected chi connectivity index (χ3v) is 1.80. The molecule has 13 heavy (non-hydrogen) atoms. The van der Waals surface area contributed by atoms with Gasteiger partial charge in [-0.25, -0.2) is 0 Å². The van der Waals surface area contributed by atoms with Crippen LogP contribution in [0.5, 0.6) is 0 Å². The average molecular weight is 193 g/mol. The van der Waals surface area contributed by atoms with Crippen molar-refractivity contribution in [2.24, 2.45) is 0 Å². The highest BCUT2D eigenvalue weighted by atomic mass is 32.1. The Morgan fingerprint density at radius 1 is 1.38 bits per heavy atom. The van der Waals surface area contributed by atoms with Crippen molar-refractivity contribution >= 4 is 23.2 Å². The van der Waals surface area contributed by atoms with Crippen LogP contribution in [0.3, 0.4) is 0 Å². The summed E-state index contributed by atoms with van der Waals surface area (Å²) >= 11 is 4.84. The summed E-state index contributed by atoms with van der Waals surface area (Å²) in [7, 11) is 1.71. The Hall–Kier alpha value is -1.35. The lowest BCUT2D eigenvalue weighted by molar-refractivity contribution is 0.501. The highest BCUT2D eigenvalue weighted by molar-refractivity contribution is 7.80. The predicted octanol–water partition coefficient (Wildman–Crippen LogP) is 2.18. The fourth-order valence-electron chi connectivity index (χ4n) is 0.846. The Kier molecular flexibility index (Phi) is 3.46. The van der Waals surface area contributed by atoms with E-state index in [2.05, 4.69) is 11.9 Å². The lowest BCUT2D eigenvalue weighted by Gasteiger charge is -2.08. The molecule has 1 rings (SSSR count). The largest absolute Gasteiger partial charge is 0.432 e. The first-order chi connectivity index (χ1) is 6.24. The average Bonchev–Trinajstić information content (AvgIpc) is 2.19. The molecule has 0 spiro atoms. The molecule has 3 heteroatoms. The zero-order valence-corrected chi connectivity index (χ0v) is 8.23. The van der Waals surface area contributed by atoms with E-state index in [1.807, 2.05) is 30.3 Å². The first-order valence-electron chi connectivity index (χ1n) is 3.88. The molecule has 0 fully saturated rings. The van der Waals surface area contributed by atoms with Crippen molar-refractivity contribution in [3.63, 3.8) is 0 Å². The number of rotatable bonds is 2. The van der Waals surface area contributed by atoms with E-state index in [1.54, 1.807) is 7.05 Å². The highest BCUT2D eigenvalue weighted by Crippen LogP contribution is 2.12. The molecule has 0 aliphatic rings. The zero-order valence-electron chi connectivity index (χ0n) is 7.41. The second-order valence-corrected chi connectivity index (χ2v) is 2.80. The van der Waals surface area contributed by atoms with E-state index in [4.69, 9.17) is 17.0 Å². The maximum atomic E-state index is 5.21. The molecule has 0 unspecified atom stereocenters. The molecule has 0 aromatic heterocycles. The summed E-state index contributed by atoms with van der Waals surface area (Å²) in [5.41, 5.74) is 0.931. The molecule has 0 saturated heterocycles. The lowest BCUT2D eigenvalue weighted by atomic mass is 10.2. The van der Waals surface area contributed by atoms with Gasteiger partial charge in [0.1, 0.15) is 5.76 Å². The van der Waals surface area contributed by atoms with Crippen molar-refractivity contribution in [1.29, 1.82) is 0 Å². The van der Waals surface area contributed by atoms with Crippen LogP contribution in [0, 0.1) is 0 Å². The van der Waals surface area contributed by atoms with Gasteiger partial charge in [-0.15, -0.1) is 0 Å². The van der Waals surface area contributed by atoms with Crippen molar-refractivity contribution in [3.8, 4) is 0 Å². The number of thiocarbonyl (C=S) groups is 1. The van der Waals surface area contributed by atoms with E-state index in [9.17, 15) is 0 Å². The van der Waals surface area contributed by atoms with Crippen LogP contribution in [0.2, 0.25) is 0 Å². The fourth-order valence-corrected chi connectivity index (χ4v) is 0.946. The number of ether oxygens (including phenoxy) is 1. The zero-order chi connectivity index (χ0) is 9.68. The summed E-state index contributed by atoms with van der Waals surface area (Å²) in [6.07, 6.45) is 0. The Bertz CT molecular complexity index is 308. The van der Waals surface area contributed by atoms with Gasteiger partial charge in [-0.1, -0.05) is 36.9 Å². The van der Waals surface area contributed by atoms with Gasteiger partial charge in [-0.3, -0.25) is 0 Å². The van der Waals surface area contributed by atoms with Crippen molar-refractivity contribution in [1.82, 2.24) is 5.32 Å². The van der Waals surface area contributed by atoms with E-state index < -0.39 is 0 Å². The van der Waals surface area contributed by atoms with Crippen LogP contribution in [0.15, 0.2) is 36.9 Å². The van der Waals surface area contributed by atoms with Gasteiger partial charge in [0.2, 0.25) is 0 Å². The van der Waals surface area contributed by atoms with E-state index in [1.165, 1.54) is 0 Å². The molecule has 1 aromatic carbocycles. The molecule has 0 saturated carbocycles. The number of nitrogens with one attached hydrogen (secondary N) is 1. The number of hydrogen-bond acceptors (Lipinski definition) is 2. The molecule has 0 atom stereocenters. The summed E-state index contributed by atoms with van der Waals surface area (Å²) in [5, 5.41) is 3.04. The summed E-state index contributed by atoms with van der Waals surface area (Å²) in [4.78, 5) is 0. The summed E-state index contributed by atoms with van der Waals surface area (Å²) in [5.74, 6) is 0.556. The number of benzene rings is 1. The lowest BCUT2D eigenvalue weighted by Crippen LogP contribution is -2.17.